The largest absolute Gasteiger partial charge is 0.131 e. The van der Waals surface area contributed by atoms with E-state index in [9.17, 15) is 0 Å². The topological polar surface area (TPSA) is 0 Å². The fraction of sp³-hybridized carbons (Fsp3) is 0.667. The van der Waals surface area contributed by atoms with E-state index in [4.69, 9.17) is 11.8 Å². The molecule has 0 radical (unpaired) electrons. The van der Waals surface area contributed by atoms with Gasteiger partial charge < -0.3 is 0 Å². The molecule has 0 fully saturated rings. The zero-order valence-electron chi connectivity index (χ0n) is 6.03. The summed E-state index contributed by atoms with van der Waals surface area (Å²) in [7, 11) is 0. The van der Waals surface area contributed by atoms with Gasteiger partial charge in [0.05, 0.1) is 4.44 Å². The minimum atomic E-state index is -1.61. The maximum atomic E-state index is 5.13. The number of rotatable bonds is 4. The quantitative estimate of drug-likeness (QED) is 0.408. The van der Waals surface area contributed by atoms with E-state index in [2.05, 4.69) is 38.0 Å². The van der Waals surface area contributed by atoms with Crippen molar-refractivity contribution in [3.8, 4) is 0 Å². The first-order valence-corrected chi connectivity index (χ1v) is 8.32. The van der Waals surface area contributed by atoms with Crippen LogP contribution >= 0.6 is 28.9 Å². The van der Waals surface area contributed by atoms with Gasteiger partial charge in [-0.3, -0.25) is 0 Å². The predicted molar refractivity (Wildman–Crippen MR) is 61.2 cm³/mol. The molecular formula is C6H13PS3. The van der Waals surface area contributed by atoms with Crippen LogP contribution in [-0.4, -0.2) is 5.66 Å². The Balaban J connectivity index is 3.73. The van der Waals surface area contributed by atoms with E-state index in [1.807, 2.05) is 6.08 Å². The molecule has 0 unspecified atom stereocenters. The lowest BCUT2D eigenvalue weighted by Gasteiger charge is -2.16. The molecular weight excluding hydrogens is 199 g/mol. The Morgan fingerprint density at radius 2 is 2.20 bits per heavy atom. The average molecular weight is 212 g/mol. The summed E-state index contributed by atoms with van der Waals surface area (Å²) in [4.78, 5) is 0. The molecule has 0 bridgehead atoms. The molecule has 1 atom stereocenters. The van der Waals surface area contributed by atoms with Gasteiger partial charge in [-0.2, -0.15) is 0 Å². The van der Waals surface area contributed by atoms with Gasteiger partial charge in [-0.15, -0.1) is 31.1 Å². The summed E-state index contributed by atoms with van der Waals surface area (Å²) >= 11 is 13.7. The standard InChI is InChI=1S/C6H13PS3/c1-3-4-5-6(2)7(8,9)10/h3,6H,1,4-5H2,2H3,(H2,8,9,10)/t6-/m0/s1. The van der Waals surface area contributed by atoms with Crippen molar-refractivity contribution in [2.45, 2.75) is 25.4 Å². The lowest BCUT2D eigenvalue weighted by molar-refractivity contribution is 0.831. The van der Waals surface area contributed by atoms with Gasteiger partial charge in [0.2, 0.25) is 0 Å². The van der Waals surface area contributed by atoms with Gasteiger partial charge >= 0.3 is 0 Å². The fourth-order valence-electron chi connectivity index (χ4n) is 0.527. The molecule has 0 saturated heterocycles. The molecule has 0 aromatic rings. The van der Waals surface area contributed by atoms with Crippen molar-refractivity contribution in [2.75, 3.05) is 0 Å². The van der Waals surface area contributed by atoms with Crippen molar-refractivity contribution in [3.05, 3.63) is 12.7 Å². The van der Waals surface area contributed by atoms with Gasteiger partial charge in [0.15, 0.2) is 0 Å². The highest BCUT2D eigenvalue weighted by molar-refractivity contribution is 8.92. The van der Waals surface area contributed by atoms with Crippen LogP contribution in [0, 0.1) is 0 Å². The van der Waals surface area contributed by atoms with Gasteiger partial charge in [-0.25, -0.2) is 0 Å². The van der Waals surface area contributed by atoms with Gasteiger partial charge in [-0.1, -0.05) is 24.8 Å². The summed E-state index contributed by atoms with van der Waals surface area (Å²) < 4.78 is -1.61. The van der Waals surface area contributed by atoms with E-state index in [-0.39, 0.29) is 0 Å². The van der Waals surface area contributed by atoms with Crippen LogP contribution in [0.15, 0.2) is 12.7 Å². The van der Waals surface area contributed by atoms with Gasteiger partial charge in [0.1, 0.15) is 0 Å². The van der Waals surface area contributed by atoms with Crippen molar-refractivity contribution in [2.24, 2.45) is 0 Å². The molecule has 0 N–H and O–H groups in total. The summed E-state index contributed by atoms with van der Waals surface area (Å²) in [5.41, 5.74) is 0.451. The van der Waals surface area contributed by atoms with E-state index in [0.29, 0.717) is 5.66 Å². The average Bonchev–Trinajstić information content (AvgIpc) is 1.80. The van der Waals surface area contributed by atoms with Crippen molar-refractivity contribution in [1.29, 1.82) is 0 Å². The molecule has 0 rings (SSSR count). The highest BCUT2D eigenvalue weighted by Crippen LogP contribution is 2.61. The molecule has 0 amide bonds. The molecule has 0 aliphatic carbocycles. The number of allylic oxidation sites excluding steroid dienone is 1. The van der Waals surface area contributed by atoms with Crippen LogP contribution < -0.4 is 0 Å². The van der Waals surface area contributed by atoms with Crippen LogP contribution in [0.3, 0.4) is 0 Å². The molecule has 0 spiro atoms. The van der Waals surface area contributed by atoms with Crippen LogP contribution in [0.5, 0.6) is 0 Å². The SMILES string of the molecule is C=CCC[C@H](C)P(=S)(S)S. The van der Waals surface area contributed by atoms with Crippen molar-refractivity contribution in [1.82, 2.24) is 0 Å². The van der Waals surface area contributed by atoms with Crippen molar-refractivity contribution in [3.63, 3.8) is 0 Å². The lowest BCUT2D eigenvalue weighted by atomic mass is 10.2. The molecule has 0 aromatic carbocycles. The van der Waals surface area contributed by atoms with Crippen molar-refractivity contribution >= 4 is 40.7 Å². The Morgan fingerprint density at radius 3 is 2.50 bits per heavy atom. The zero-order valence-corrected chi connectivity index (χ0v) is 9.53. The Kier molecular flexibility index (Phi) is 5.40. The highest BCUT2D eigenvalue weighted by atomic mass is 33.2. The summed E-state index contributed by atoms with van der Waals surface area (Å²) in [6.45, 7) is 5.74. The molecule has 4 heteroatoms. The molecule has 60 valence electrons. The molecule has 10 heavy (non-hydrogen) atoms. The maximum Gasteiger partial charge on any atom is 0.0540 e. The molecule has 0 aliphatic rings. The van der Waals surface area contributed by atoms with Gasteiger partial charge in [0, 0.05) is 5.66 Å². The second-order valence-electron chi connectivity index (χ2n) is 2.30. The maximum absolute atomic E-state index is 5.13. The van der Waals surface area contributed by atoms with E-state index in [0.717, 1.165) is 12.8 Å². The highest BCUT2D eigenvalue weighted by Gasteiger charge is 2.14. The first-order valence-electron chi connectivity index (χ1n) is 3.14. The van der Waals surface area contributed by atoms with Crippen LogP contribution in [0.2, 0.25) is 0 Å². The molecule has 0 nitrogen and oxygen atoms in total. The Labute approximate surface area is 78.8 Å². The first-order chi connectivity index (χ1) is 4.48. The lowest BCUT2D eigenvalue weighted by Crippen LogP contribution is -1.94. The van der Waals surface area contributed by atoms with Gasteiger partial charge in [-0.05, 0) is 12.8 Å². The van der Waals surface area contributed by atoms with Crippen LogP contribution in [0.4, 0.5) is 0 Å². The monoisotopic (exact) mass is 212 g/mol. The smallest absolute Gasteiger partial charge is 0.0540 e. The van der Waals surface area contributed by atoms with E-state index in [1.54, 1.807) is 0 Å². The van der Waals surface area contributed by atoms with E-state index in [1.165, 1.54) is 0 Å². The molecule has 0 heterocycles. The van der Waals surface area contributed by atoms with Crippen LogP contribution in [0.25, 0.3) is 0 Å². The Hall–Kier alpha value is 1.09. The second-order valence-corrected chi connectivity index (χ2v) is 12.4. The second kappa shape index (κ2) is 4.87. The molecule has 0 saturated carbocycles. The summed E-state index contributed by atoms with van der Waals surface area (Å²) in [5.74, 6) is 0. The molecule has 0 aromatic heterocycles. The molecule has 0 aliphatic heterocycles. The Bertz CT molecular complexity index is 149. The third-order valence-electron chi connectivity index (χ3n) is 1.36. The first kappa shape index (κ1) is 11.1. The summed E-state index contributed by atoms with van der Waals surface area (Å²) in [6.07, 6.45) is 3.98. The van der Waals surface area contributed by atoms with E-state index >= 15 is 0 Å². The normalized spacial score (nSPS) is 14.7. The minimum absolute atomic E-state index is 0.451. The summed E-state index contributed by atoms with van der Waals surface area (Å²) in [6, 6.07) is 0. The van der Waals surface area contributed by atoms with E-state index < -0.39 is 4.44 Å². The van der Waals surface area contributed by atoms with Gasteiger partial charge in [0.25, 0.3) is 0 Å². The number of hydrogen-bond donors (Lipinski definition) is 2. The number of thiol groups is 2. The third kappa shape index (κ3) is 4.84. The number of hydrogen-bond acceptors (Lipinski definition) is 1. The minimum Gasteiger partial charge on any atom is -0.131 e. The van der Waals surface area contributed by atoms with Crippen LogP contribution in [0.1, 0.15) is 19.8 Å². The summed E-state index contributed by atoms with van der Waals surface area (Å²) in [5, 5.41) is 0. The predicted octanol–water partition coefficient (Wildman–Crippen LogP) is 3.51. The third-order valence-corrected chi connectivity index (χ3v) is 6.21. The zero-order chi connectivity index (χ0) is 8.20. The fourth-order valence-corrected chi connectivity index (χ4v) is 2.02. The van der Waals surface area contributed by atoms with Crippen LogP contribution in [-0.2, 0) is 11.8 Å². The van der Waals surface area contributed by atoms with Crippen molar-refractivity contribution < 1.29 is 0 Å². The Morgan fingerprint density at radius 1 is 1.70 bits per heavy atom.